The number of ketones is 1. The third kappa shape index (κ3) is 2.93. The minimum atomic E-state index is 0.189. The van der Waals surface area contributed by atoms with Gasteiger partial charge < -0.3 is 4.90 Å². The van der Waals surface area contributed by atoms with E-state index < -0.39 is 0 Å². The maximum absolute atomic E-state index is 12.9. The highest BCUT2D eigenvalue weighted by molar-refractivity contribution is 6.01. The number of likely N-dealkylation sites (tertiary alicyclic amines) is 1. The monoisotopic (exact) mass is 293 g/mol. The van der Waals surface area contributed by atoms with Crippen LogP contribution in [0.1, 0.15) is 36.0 Å². The van der Waals surface area contributed by atoms with Crippen LogP contribution in [-0.4, -0.2) is 30.3 Å². The average molecular weight is 293 g/mol. The van der Waals surface area contributed by atoms with E-state index in [2.05, 4.69) is 29.2 Å². The van der Waals surface area contributed by atoms with Gasteiger partial charge in [0.15, 0.2) is 5.78 Å². The molecule has 1 aliphatic heterocycles. The number of hydrogen-bond donors (Lipinski definition) is 0. The Hall–Kier alpha value is -1.67. The van der Waals surface area contributed by atoms with Crippen LogP contribution in [0.2, 0.25) is 0 Å². The minimum Gasteiger partial charge on any atom is -0.302 e. The van der Waals surface area contributed by atoms with Crippen molar-refractivity contribution < 1.29 is 4.79 Å². The van der Waals surface area contributed by atoms with Gasteiger partial charge in [0.05, 0.1) is 0 Å². The number of benzene rings is 2. The standard InChI is InChI=1S/C20H23NO/c22-20(18-10-9-16-4-1-2-5-17(16)12-18)19-6-3-11-21(14-19)13-15-7-8-15/h1-2,4-5,9-10,12,15,19H,3,6-8,11,13-14H2. The number of Topliss-reactive ketones (excluding diaryl/α,β-unsaturated/α-hetero) is 1. The van der Waals surface area contributed by atoms with Gasteiger partial charge in [-0.2, -0.15) is 0 Å². The molecule has 2 nitrogen and oxygen atoms in total. The van der Waals surface area contributed by atoms with Crippen LogP contribution in [0.5, 0.6) is 0 Å². The smallest absolute Gasteiger partial charge is 0.167 e. The van der Waals surface area contributed by atoms with Gasteiger partial charge in [0.1, 0.15) is 0 Å². The molecule has 0 amide bonds. The van der Waals surface area contributed by atoms with Crippen LogP contribution in [0.3, 0.4) is 0 Å². The molecule has 1 saturated carbocycles. The summed E-state index contributed by atoms with van der Waals surface area (Å²) in [4.78, 5) is 15.4. The maximum Gasteiger partial charge on any atom is 0.167 e. The third-order valence-corrected chi connectivity index (χ3v) is 5.12. The van der Waals surface area contributed by atoms with Crippen LogP contribution in [0.15, 0.2) is 42.5 Å². The Morgan fingerprint density at radius 2 is 1.86 bits per heavy atom. The summed E-state index contributed by atoms with van der Waals surface area (Å²) in [7, 11) is 0. The molecule has 0 radical (unpaired) electrons. The van der Waals surface area contributed by atoms with E-state index in [9.17, 15) is 4.79 Å². The van der Waals surface area contributed by atoms with Gasteiger partial charge in [-0.15, -0.1) is 0 Å². The summed E-state index contributed by atoms with van der Waals surface area (Å²) < 4.78 is 0. The molecule has 4 rings (SSSR count). The molecule has 1 aliphatic carbocycles. The number of hydrogen-bond acceptors (Lipinski definition) is 2. The summed E-state index contributed by atoms with van der Waals surface area (Å²) in [6.07, 6.45) is 4.99. The normalized spacial score (nSPS) is 22.8. The topological polar surface area (TPSA) is 20.3 Å². The summed E-state index contributed by atoms with van der Waals surface area (Å²) in [5, 5.41) is 2.37. The van der Waals surface area contributed by atoms with Crippen LogP contribution in [0, 0.1) is 11.8 Å². The first kappa shape index (κ1) is 14.0. The molecule has 2 fully saturated rings. The minimum absolute atomic E-state index is 0.189. The molecule has 2 aromatic carbocycles. The predicted octanol–water partition coefficient (Wildman–Crippen LogP) is 4.14. The Morgan fingerprint density at radius 1 is 1.05 bits per heavy atom. The van der Waals surface area contributed by atoms with E-state index in [1.807, 2.05) is 18.2 Å². The van der Waals surface area contributed by atoms with Crippen molar-refractivity contribution in [1.29, 1.82) is 0 Å². The fourth-order valence-corrected chi connectivity index (χ4v) is 3.68. The summed E-state index contributed by atoms with van der Waals surface area (Å²) in [6, 6.07) is 14.4. The molecule has 22 heavy (non-hydrogen) atoms. The van der Waals surface area contributed by atoms with Gasteiger partial charge in [0.25, 0.3) is 0 Å². The number of piperidine rings is 1. The predicted molar refractivity (Wildman–Crippen MR) is 90.2 cm³/mol. The highest BCUT2D eigenvalue weighted by Gasteiger charge is 2.30. The molecule has 2 aromatic rings. The van der Waals surface area contributed by atoms with Crippen molar-refractivity contribution in [3.63, 3.8) is 0 Å². The second-order valence-electron chi connectivity index (χ2n) is 6.97. The highest BCUT2D eigenvalue weighted by atomic mass is 16.1. The SMILES string of the molecule is O=C(c1ccc2ccccc2c1)C1CCCN(CC2CC2)C1. The summed E-state index contributed by atoms with van der Waals surface area (Å²) >= 11 is 0. The van der Waals surface area contributed by atoms with Gasteiger partial charge in [-0.25, -0.2) is 0 Å². The highest BCUT2D eigenvalue weighted by Crippen LogP contribution is 2.32. The van der Waals surface area contributed by atoms with E-state index in [0.717, 1.165) is 30.9 Å². The van der Waals surface area contributed by atoms with E-state index in [-0.39, 0.29) is 5.92 Å². The fraction of sp³-hybridized carbons (Fsp3) is 0.450. The molecule has 1 heterocycles. The molecule has 1 saturated heterocycles. The molecule has 114 valence electrons. The van der Waals surface area contributed by atoms with E-state index in [0.29, 0.717) is 5.78 Å². The third-order valence-electron chi connectivity index (χ3n) is 5.12. The number of fused-ring (bicyclic) bond motifs is 1. The first-order valence-corrected chi connectivity index (χ1v) is 8.55. The zero-order valence-electron chi connectivity index (χ0n) is 13.0. The number of rotatable bonds is 4. The van der Waals surface area contributed by atoms with Gasteiger partial charge in [-0.3, -0.25) is 4.79 Å². The maximum atomic E-state index is 12.9. The lowest BCUT2D eigenvalue weighted by atomic mass is 9.89. The molecule has 0 spiro atoms. The van der Waals surface area contributed by atoms with E-state index >= 15 is 0 Å². The first-order valence-electron chi connectivity index (χ1n) is 8.55. The second-order valence-corrected chi connectivity index (χ2v) is 6.97. The van der Waals surface area contributed by atoms with E-state index in [1.54, 1.807) is 0 Å². The lowest BCUT2D eigenvalue weighted by Gasteiger charge is -2.32. The average Bonchev–Trinajstić information content (AvgIpc) is 3.38. The van der Waals surface area contributed by atoms with E-state index in [1.165, 1.54) is 36.7 Å². The molecular weight excluding hydrogens is 270 g/mol. The van der Waals surface area contributed by atoms with Crippen molar-refractivity contribution in [2.45, 2.75) is 25.7 Å². The Morgan fingerprint density at radius 3 is 2.68 bits per heavy atom. The fourth-order valence-electron chi connectivity index (χ4n) is 3.68. The van der Waals surface area contributed by atoms with Crippen molar-refractivity contribution in [1.82, 2.24) is 4.90 Å². The van der Waals surface area contributed by atoms with Crippen LogP contribution in [0.4, 0.5) is 0 Å². The van der Waals surface area contributed by atoms with Crippen molar-refractivity contribution in [2.75, 3.05) is 19.6 Å². The molecule has 2 heteroatoms. The molecule has 0 aromatic heterocycles. The zero-order chi connectivity index (χ0) is 14.9. The Bertz CT molecular complexity index is 689. The lowest BCUT2D eigenvalue weighted by molar-refractivity contribution is 0.0815. The first-order chi connectivity index (χ1) is 10.8. The van der Waals surface area contributed by atoms with Gasteiger partial charge in [-0.1, -0.05) is 36.4 Å². The van der Waals surface area contributed by atoms with Crippen molar-refractivity contribution in [2.24, 2.45) is 11.8 Å². The van der Waals surface area contributed by atoms with Gasteiger partial charge in [-0.05, 0) is 55.0 Å². The largest absolute Gasteiger partial charge is 0.302 e. The summed E-state index contributed by atoms with van der Waals surface area (Å²) in [5.74, 6) is 1.44. The lowest BCUT2D eigenvalue weighted by Crippen LogP contribution is -2.39. The molecule has 2 aliphatic rings. The molecule has 1 atom stereocenters. The van der Waals surface area contributed by atoms with Crippen LogP contribution < -0.4 is 0 Å². The Kier molecular flexibility index (Phi) is 3.71. The number of carbonyl (C=O) groups is 1. The molecular formula is C20H23NO. The Balaban J connectivity index is 1.51. The van der Waals surface area contributed by atoms with Crippen LogP contribution >= 0.6 is 0 Å². The van der Waals surface area contributed by atoms with Crippen LogP contribution in [-0.2, 0) is 0 Å². The molecule has 0 bridgehead atoms. The van der Waals surface area contributed by atoms with E-state index in [4.69, 9.17) is 0 Å². The van der Waals surface area contributed by atoms with Gasteiger partial charge >= 0.3 is 0 Å². The second kappa shape index (κ2) is 5.85. The van der Waals surface area contributed by atoms with Crippen molar-refractivity contribution in [3.05, 3.63) is 48.0 Å². The molecule has 1 unspecified atom stereocenters. The van der Waals surface area contributed by atoms with Crippen molar-refractivity contribution in [3.8, 4) is 0 Å². The zero-order valence-corrected chi connectivity index (χ0v) is 13.0. The quantitative estimate of drug-likeness (QED) is 0.789. The number of nitrogens with zero attached hydrogens (tertiary/aromatic N) is 1. The van der Waals surface area contributed by atoms with Crippen molar-refractivity contribution >= 4 is 16.6 Å². The van der Waals surface area contributed by atoms with Crippen LogP contribution in [0.25, 0.3) is 10.8 Å². The summed E-state index contributed by atoms with van der Waals surface area (Å²) in [5.41, 5.74) is 0.886. The van der Waals surface area contributed by atoms with Gasteiger partial charge in [0, 0.05) is 24.6 Å². The molecule has 0 N–H and O–H groups in total. The summed E-state index contributed by atoms with van der Waals surface area (Å²) in [6.45, 7) is 3.35. The Labute approximate surface area is 132 Å². The van der Waals surface area contributed by atoms with Gasteiger partial charge in [0.2, 0.25) is 0 Å². The number of carbonyl (C=O) groups excluding carboxylic acids is 1.